The van der Waals surface area contributed by atoms with Crippen LogP contribution < -0.4 is 5.32 Å². The number of hydrogen-bond donors (Lipinski definition) is 2. The van der Waals surface area contributed by atoms with Gasteiger partial charge < -0.3 is 10.3 Å². The van der Waals surface area contributed by atoms with Gasteiger partial charge in [-0.3, -0.25) is 4.90 Å². The lowest BCUT2D eigenvalue weighted by Crippen LogP contribution is -2.55. The van der Waals surface area contributed by atoms with Crippen LogP contribution >= 0.6 is 0 Å². The molecule has 2 N–H and O–H groups in total. The lowest BCUT2D eigenvalue weighted by atomic mass is 10.0. The fraction of sp³-hybridized carbons (Fsp3) is 0.333. The summed E-state index contributed by atoms with van der Waals surface area (Å²) in [6.07, 6.45) is 3.24. The van der Waals surface area contributed by atoms with E-state index in [1.165, 1.54) is 22.0 Å². The summed E-state index contributed by atoms with van der Waals surface area (Å²) in [5.74, 6) is 0. The van der Waals surface area contributed by atoms with Gasteiger partial charge in [0.25, 0.3) is 0 Å². The minimum Gasteiger partial charge on any atom is -0.361 e. The number of aromatic nitrogens is 1. The van der Waals surface area contributed by atoms with Crippen LogP contribution in [0.3, 0.4) is 0 Å². The van der Waals surface area contributed by atoms with Gasteiger partial charge in [-0.15, -0.1) is 0 Å². The first kappa shape index (κ1) is 15.4. The summed E-state index contributed by atoms with van der Waals surface area (Å²) in [5.41, 5.74) is 4.05. The van der Waals surface area contributed by atoms with Gasteiger partial charge in [-0.1, -0.05) is 48.5 Å². The summed E-state index contributed by atoms with van der Waals surface area (Å²) in [6.45, 7) is 5.50. The second-order valence-corrected chi connectivity index (χ2v) is 6.93. The molecule has 124 valence electrons. The third-order valence-corrected chi connectivity index (χ3v) is 5.15. The maximum Gasteiger partial charge on any atom is 0.0456 e. The van der Waals surface area contributed by atoms with Crippen LogP contribution in [-0.2, 0) is 13.0 Å². The molecule has 0 unspecified atom stereocenters. The average molecular weight is 319 g/mol. The van der Waals surface area contributed by atoms with Crippen molar-refractivity contribution in [1.82, 2.24) is 15.2 Å². The highest BCUT2D eigenvalue weighted by molar-refractivity contribution is 5.83. The normalized spacial score (nSPS) is 22.0. The molecular formula is C21H25N3. The van der Waals surface area contributed by atoms with E-state index in [-0.39, 0.29) is 0 Å². The number of hydrogen-bond acceptors (Lipinski definition) is 2. The van der Waals surface area contributed by atoms with E-state index in [0.29, 0.717) is 12.1 Å². The first-order valence-electron chi connectivity index (χ1n) is 8.86. The van der Waals surface area contributed by atoms with Crippen molar-refractivity contribution < 1.29 is 0 Å². The number of fused-ring (bicyclic) bond motifs is 1. The molecule has 3 heteroatoms. The van der Waals surface area contributed by atoms with Crippen LogP contribution in [-0.4, -0.2) is 35.1 Å². The molecule has 3 nitrogen and oxygen atoms in total. The number of aromatic amines is 1. The summed E-state index contributed by atoms with van der Waals surface area (Å²) < 4.78 is 0. The van der Waals surface area contributed by atoms with Crippen molar-refractivity contribution in [3.8, 4) is 0 Å². The Labute approximate surface area is 143 Å². The Balaban J connectivity index is 1.46. The number of para-hydroxylation sites is 1. The number of piperazine rings is 1. The minimum atomic E-state index is 0.504. The number of benzene rings is 2. The molecule has 0 bridgehead atoms. The quantitative estimate of drug-likeness (QED) is 0.770. The predicted octanol–water partition coefficient (Wildman–Crippen LogP) is 3.57. The van der Waals surface area contributed by atoms with Gasteiger partial charge in [0, 0.05) is 48.8 Å². The molecule has 24 heavy (non-hydrogen) atoms. The molecule has 0 amide bonds. The second-order valence-electron chi connectivity index (χ2n) is 6.93. The van der Waals surface area contributed by atoms with Crippen LogP contribution in [0.25, 0.3) is 10.9 Å². The smallest absolute Gasteiger partial charge is 0.0456 e. The third-order valence-electron chi connectivity index (χ3n) is 5.15. The molecule has 1 fully saturated rings. The molecule has 3 aromatic rings. The van der Waals surface area contributed by atoms with Gasteiger partial charge in [0.1, 0.15) is 0 Å². The van der Waals surface area contributed by atoms with Crippen molar-refractivity contribution >= 4 is 10.9 Å². The summed E-state index contributed by atoms with van der Waals surface area (Å²) in [4.78, 5) is 6.00. The Morgan fingerprint density at radius 2 is 1.83 bits per heavy atom. The highest BCUT2D eigenvalue weighted by atomic mass is 15.2. The van der Waals surface area contributed by atoms with Crippen molar-refractivity contribution in [2.24, 2.45) is 0 Å². The minimum absolute atomic E-state index is 0.504. The number of nitrogens with zero attached hydrogens (tertiary/aromatic N) is 1. The maximum absolute atomic E-state index is 3.73. The maximum atomic E-state index is 3.73. The molecule has 1 aliphatic heterocycles. The fourth-order valence-electron chi connectivity index (χ4n) is 3.73. The zero-order valence-corrected chi connectivity index (χ0v) is 14.2. The van der Waals surface area contributed by atoms with E-state index in [9.17, 15) is 0 Å². The lowest BCUT2D eigenvalue weighted by Gasteiger charge is -2.39. The van der Waals surface area contributed by atoms with Crippen molar-refractivity contribution in [2.75, 3.05) is 13.1 Å². The van der Waals surface area contributed by atoms with Gasteiger partial charge >= 0.3 is 0 Å². The Kier molecular flexibility index (Phi) is 4.37. The van der Waals surface area contributed by atoms with Crippen molar-refractivity contribution in [3.63, 3.8) is 0 Å². The molecule has 0 saturated carbocycles. The molecule has 4 rings (SSSR count). The molecule has 2 aromatic carbocycles. The Hall–Kier alpha value is -2.10. The summed E-state index contributed by atoms with van der Waals surface area (Å²) >= 11 is 0. The first-order valence-corrected chi connectivity index (χ1v) is 8.86. The van der Waals surface area contributed by atoms with Gasteiger partial charge in [0.05, 0.1) is 0 Å². The van der Waals surface area contributed by atoms with E-state index in [2.05, 4.69) is 82.9 Å². The van der Waals surface area contributed by atoms with Crippen LogP contribution in [0.15, 0.2) is 60.8 Å². The molecule has 0 aliphatic carbocycles. The van der Waals surface area contributed by atoms with Gasteiger partial charge in [0.15, 0.2) is 0 Å². The van der Waals surface area contributed by atoms with Crippen molar-refractivity contribution in [1.29, 1.82) is 0 Å². The van der Waals surface area contributed by atoms with E-state index in [0.717, 1.165) is 26.1 Å². The first-order chi connectivity index (χ1) is 11.8. The zero-order valence-electron chi connectivity index (χ0n) is 14.2. The average Bonchev–Trinajstić information content (AvgIpc) is 3.02. The summed E-state index contributed by atoms with van der Waals surface area (Å²) in [6, 6.07) is 20.5. The Bertz CT molecular complexity index is 793. The standard InChI is InChI=1S/C21H25N3/c1-16-12-22-19(15-24(16)14-17-7-3-2-4-8-17)11-18-13-23-21-10-6-5-9-20(18)21/h2-10,13,16,19,22-23H,11-12,14-15H2,1H3/t16-,19-/m1/s1. The molecule has 1 saturated heterocycles. The van der Waals surface area contributed by atoms with Crippen LogP contribution in [0.1, 0.15) is 18.1 Å². The van der Waals surface area contributed by atoms with Gasteiger partial charge in [-0.2, -0.15) is 0 Å². The monoisotopic (exact) mass is 319 g/mol. The van der Waals surface area contributed by atoms with Crippen LogP contribution in [0.5, 0.6) is 0 Å². The molecule has 1 aromatic heterocycles. The number of nitrogens with one attached hydrogen (secondary N) is 2. The van der Waals surface area contributed by atoms with Crippen molar-refractivity contribution in [3.05, 3.63) is 71.9 Å². The molecular weight excluding hydrogens is 294 g/mol. The Morgan fingerprint density at radius 1 is 1.04 bits per heavy atom. The van der Waals surface area contributed by atoms with Crippen LogP contribution in [0.4, 0.5) is 0 Å². The largest absolute Gasteiger partial charge is 0.361 e. The van der Waals surface area contributed by atoms with Crippen molar-refractivity contribution in [2.45, 2.75) is 32.0 Å². The van der Waals surface area contributed by atoms with Gasteiger partial charge in [-0.05, 0) is 30.5 Å². The second kappa shape index (κ2) is 6.80. The van der Waals surface area contributed by atoms with Gasteiger partial charge in [0.2, 0.25) is 0 Å². The van der Waals surface area contributed by atoms with E-state index >= 15 is 0 Å². The SMILES string of the molecule is C[C@@H]1CN[C@H](Cc2c[nH]c3ccccc23)CN1Cc1ccccc1. The topological polar surface area (TPSA) is 31.1 Å². The van der Waals surface area contributed by atoms with E-state index < -0.39 is 0 Å². The predicted molar refractivity (Wildman–Crippen MR) is 100 cm³/mol. The van der Waals surface area contributed by atoms with Crippen LogP contribution in [0, 0.1) is 0 Å². The van der Waals surface area contributed by atoms with Crippen LogP contribution in [0.2, 0.25) is 0 Å². The number of H-pyrrole nitrogens is 1. The molecule has 1 aliphatic rings. The van der Waals surface area contributed by atoms with E-state index in [4.69, 9.17) is 0 Å². The Morgan fingerprint density at radius 3 is 2.71 bits per heavy atom. The molecule has 2 heterocycles. The van der Waals surface area contributed by atoms with E-state index in [1.807, 2.05) is 0 Å². The highest BCUT2D eigenvalue weighted by Crippen LogP contribution is 2.21. The number of rotatable bonds is 4. The van der Waals surface area contributed by atoms with E-state index in [1.54, 1.807) is 0 Å². The zero-order chi connectivity index (χ0) is 16.4. The third kappa shape index (κ3) is 3.23. The van der Waals surface area contributed by atoms with Gasteiger partial charge in [-0.25, -0.2) is 0 Å². The molecule has 0 radical (unpaired) electrons. The fourth-order valence-corrected chi connectivity index (χ4v) is 3.73. The highest BCUT2D eigenvalue weighted by Gasteiger charge is 2.25. The molecule has 2 atom stereocenters. The lowest BCUT2D eigenvalue weighted by molar-refractivity contribution is 0.133. The summed E-state index contributed by atoms with van der Waals surface area (Å²) in [7, 11) is 0. The summed E-state index contributed by atoms with van der Waals surface area (Å²) in [5, 5.41) is 5.09. The molecule has 0 spiro atoms.